The van der Waals surface area contributed by atoms with Gasteiger partial charge in [-0.05, 0) is 26.0 Å². The van der Waals surface area contributed by atoms with Gasteiger partial charge in [0, 0.05) is 17.8 Å². The molecule has 7 nitrogen and oxygen atoms in total. The molecule has 0 spiro atoms. The number of carbonyl (C=O) groups excluding carboxylic acids is 2. The van der Waals surface area contributed by atoms with Gasteiger partial charge in [0.1, 0.15) is 5.82 Å². The maximum absolute atomic E-state index is 14.2. The van der Waals surface area contributed by atoms with E-state index in [2.05, 4.69) is 20.5 Å². The third-order valence-corrected chi connectivity index (χ3v) is 5.52. The number of aryl methyl sites for hydroxylation is 2. The van der Waals surface area contributed by atoms with Crippen molar-refractivity contribution in [2.24, 2.45) is 5.92 Å². The van der Waals surface area contributed by atoms with E-state index in [1.807, 2.05) is 13.8 Å². The molecule has 0 unspecified atom stereocenters. The lowest BCUT2D eigenvalue weighted by atomic mass is 10.1. The second-order valence-corrected chi connectivity index (χ2v) is 7.47. The van der Waals surface area contributed by atoms with Crippen LogP contribution in [0.25, 0.3) is 10.9 Å². The van der Waals surface area contributed by atoms with E-state index in [-0.39, 0.29) is 36.0 Å². The van der Waals surface area contributed by atoms with E-state index in [0.29, 0.717) is 10.6 Å². The predicted molar refractivity (Wildman–Crippen MR) is 96.7 cm³/mol. The van der Waals surface area contributed by atoms with Crippen LogP contribution in [0.3, 0.4) is 0 Å². The molecule has 1 aliphatic heterocycles. The van der Waals surface area contributed by atoms with Crippen molar-refractivity contribution in [2.75, 3.05) is 16.8 Å². The van der Waals surface area contributed by atoms with Gasteiger partial charge in [0.05, 0.1) is 22.5 Å². The van der Waals surface area contributed by atoms with Crippen molar-refractivity contribution in [2.45, 2.75) is 20.3 Å². The molecule has 3 aromatic rings. The molecule has 2 N–H and O–H groups in total. The van der Waals surface area contributed by atoms with E-state index in [4.69, 9.17) is 0 Å². The molecule has 1 aromatic carbocycles. The topological polar surface area (TPSA) is 91.0 Å². The number of thiazole rings is 1. The van der Waals surface area contributed by atoms with Gasteiger partial charge in [0.2, 0.25) is 11.8 Å². The largest absolute Gasteiger partial charge is 0.302 e. The third kappa shape index (κ3) is 2.74. The fourth-order valence-corrected chi connectivity index (χ4v) is 3.85. The number of carbonyl (C=O) groups is 2. The monoisotopic (exact) mass is 373 g/mol. The van der Waals surface area contributed by atoms with E-state index in [0.717, 1.165) is 10.6 Å². The number of aromatic nitrogens is 3. The molecule has 26 heavy (non-hydrogen) atoms. The Kier molecular flexibility index (Phi) is 3.95. The smallest absolute Gasteiger partial charge is 0.231 e. The Morgan fingerprint density at radius 1 is 1.42 bits per heavy atom. The quantitative estimate of drug-likeness (QED) is 0.739. The zero-order valence-corrected chi connectivity index (χ0v) is 15.0. The van der Waals surface area contributed by atoms with Crippen molar-refractivity contribution in [1.82, 2.24) is 15.2 Å². The molecule has 1 atom stereocenters. The van der Waals surface area contributed by atoms with Crippen LogP contribution in [0.15, 0.2) is 18.2 Å². The lowest BCUT2D eigenvalue weighted by Gasteiger charge is -2.14. The van der Waals surface area contributed by atoms with Gasteiger partial charge >= 0.3 is 0 Å². The van der Waals surface area contributed by atoms with Crippen molar-refractivity contribution in [3.8, 4) is 0 Å². The van der Waals surface area contributed by atoms with Crippen LogP contribution in [0.1, 0.15) is 17.0 Å². The number of nitrogens with zero attached hydrogens (tertiary/aromatic N) is 3. The van der Waals surface area contributed by atoms with Crippen molar-refractivity contribution in [3.05, 3.63) is 34.6 Å². The summed E-state index contributed by atoms with van der Waals surface area (Å²) in [6.45, 7) is 3.96. The van der Waals surface area contributed by atoms with E-state index >= 15 is 0 Å². The minimum absolute atomic E-state index is 0.0536. The van der Waals surface area contributed by atoms with Gasteiger partial charge in [-0.25, -0.2) is 9.37 Å². The number of nitrogens with one attached hydrogen (secondary N) is 2. The fraction of sp³-hybridized carbons (Fsp3) is 0.294. The number of anilines is 2. The van der Waals surface area contributed by atoms with Crippen LogP contribution >= 0.6 is 11.3 Å². The number of benzene rings is 1. The average molecular weight is 373 g/mol. The molecule has 1 fully saturated rings. The summed E-state index contributed by atoms with van der Waals surface area (Å²) in [5, 5.41) is 10.4. The first-order valence-corrected chi connectivity index (χ1v) is 8.93. The first kappa shape index (κ1) is 16.6. The summed E-state index contributed by atoms with van der Waals surface area (Å²) in [7, 11) is 0. The molecule has 2 amide bonds. The molecular weight excluding hydrogens is 357 g/mol. The van der Waals surface area contributed by atoms with E-state index in [9.17, 15) is 14.0 Å². The Bertz CT molecular complexity index is 1010. The number of halogens is 1. The van der Waals surface area contributed by atoms with Gasteiger partial charge in [-0.15, -0.1) is 11.3 Å². The van der Waals surface area contributed by atoms with Crippen molar-refractivity contribution in [3.63, 3.8) is 0 Å². The Balaban J connectivity index is 1.55. The molecule has 1 aliphatic rings. The zero-order valence-electron chi connectivity index (χ0n) is 14.2. The summed E-state index contributed by atoms with van der Waals surface area (Å²) in [5.41, 5.74) is 1.38. The van der Waals surface area contributed by atoms with Gasteiger partial charge in [-0.2, -0.15) is 5.10 Å². The lowest BCUT2D eigenvalue weighted by Crippen LogP contribution is -2.28. The summed E-state index contributed by atoms with van der Waals surface area (Å²) in [4.78, 5) is 31.6. The summed E-state index contributed by atoms with van der Waals surface area (Å²) in [5.74, 6) is -1.30. The van der Waals surface area contributed by atoms with Crippen molar-refractivity contribution in [1.29, 1.82) is 0 Å². The van der Waals surface area contributed by atoms with Crippen LogP contribution in [-0.2, 0) is 9.59 Å². The van der Waals surface area contributed by atoms with E-state index in [1.54, 1.807) is 12.1 Å². The molecule has 0 bridgehead atoms. The minimum atomic E-state index is -0.537. The third-order valence-electron chi connectivity index (χ3n) is 4.53. The zero-order chi connectivity index (χ0) is 18.4. The normalized spacial score (nSPS) is 17.3. The summed E-state index contributed by atoms with van der Waals surface area (Å²) >= 11 is 1.40. The molecule has 0 radical (unpaired) electrons. The van der Waals surface area contributed by atoms with Crippen molar-refractivity contribution >= 4 is 45.0 Å². The van der Waals surface area contributed by atoms with Crippen LogP contribution in [0.5, 0.6) is 0 Å². The minimum Gasteiger partial charge on any atom is -0.302 e. The number of rotatable bonds is 3. The van der Waals surface area contributed by atoms with Crippen LogP contribution in [0.4, 0.5) is 15.3 Å². The Morgan fingerprint density at radius 3 is 2.96 bits per heavy atom. The SMILES string of the molecule is Cc1nc(NC(=O)[C@@H]2CC(=O)N(c3n[nH]c4cccc(F)c34)C2)sc1C. The lowest BCUT2D eigenvalue weighted by molar-refractivity contribution is -0.122. The van der Waals surface area contributed by atoms with Crippen LogP contribution in [0.2, 0.25) is 0 Å². The van der Waals surface area contributed by atoms with Gasteiger partial charge in [0.15, 0.2) is 10.9 Å². The van der Waals surface area contributed by atoms with E-state index < -0.39 is 11.7 Å². The van der Waals surface area contributed by atoms with Crippen LogP contribution < -0.4 is 10.2 Å². The van der Waals surface area contributed by atoms with E-state index in [1.165, 1.54) is 22.3 Å². The summed E-state index contributed by atoms with van der Waals surface area (Å²) in [6.07, 6.45) is 0.0536. The Hall–Kier alpha value is -2.81. The number of hydrogen-bond acceptors (Lipinski definition) is 5. The molecule has 2 aromatic heterocycles. The highest BCUT2D eigenvalue weighted by molar-refractivity contribution is 7.15. The number of aromatic amines is 1. The molecular formula is C17H16FN5O2S. The molecule has 0 saturated carbocycles. The second-order valence-electron chi connectivity index (χ2n) is 6.26. The highest BCUT2D eigenvalue weighted by Crippen LogP contribution is 2.32. The molecule has 134 valence electrons. The van der Waals surface area contributed by atoms with Gasteiger partial charge in [-0.3, -0.25) is 19.6 Å². The first-order valence-electron chi connectivity index (χ1n) is 8.12. The molecule has 1 saturated heterocycles. The standard InChI is InChI=1S/C17H16FN5O2S/c1-8-9(2)26-17(19-8)20-16(25)10-6-13(24)23(7-10)15-14-11(18)4-3-5-12(14)21-22-15/h3-5,10H,6-7H2,1-2H3,(H,21,22)(H,19,20,25)/t10-/m1/s1. The molecule has 9 heteroatoms. The predicted octanol–water partition coefficient (Wildman–Crippen LogP) is 2.77. The van der Waals surface area contributed by atoms with Crippen molar-refractivity contribution < 1.29 is 14.0 Å². The van der Waals surface area contributed by atoms with Gasteiger partial charge < -0.3 is 5.32 Å². The average Bonchev–Trinajstić information content (AvgIpc) is 3.26. The maximum atomic E-state index is 14.2. The van der Waals surface area contributed by atoms with Gasteiger partial charge in [-0.1, -0.05) is 6.07 Å². The van der Waals surface area contributed by atoms with Gasteiger partial charge in [0.25, 0.3) is 0 Å². The number of hydrogen-bond donors (Lipinski definition) is 2. The molecule has 3 heterocycles. The summed E-state index contributed by atoms with van der Waals surface area (Å²) < 4.78 is 14.2. The first-order chi connectivity index (χ1) is 12.4. The fourth-order valence-electron chi connectivity index (χ4n) is 3.03. The molecule has 0 aliphatic carbocycles. The Morgan fingerprint density at radius 2 is 2.23 bits per heavy atom. The number of H-pyrrole nitrogens is 1. The number of fused-ring (bicyclic) bond motifs is 1. The summed E-state index contributed by atoms with van der Waals surface area (Å²) in [6, 6.07) is 4.58. The highest BCUT2D eigenvalue weighted by atomic mass is 32.1. The molecule has 4 rings (SSSR count). The highest BCUT2D eigenvalue weighted by Gasteiger charge is 2.37. The van der Waals surface area contributed by atoms with Crippen LogP contribution in [-0.4, -0.2) is 33.5 Å². The number of amides is 2. The van der Waals surface area contributed by atoms with Crippen LogP contribution in [0, 0.1) is 25.6 Å². The maximum Gasteiger partial charge on any atom is 0.231 e. The second kappa shape index (κ2) is 6.17. The Labute approximate surface area is 152 Å².